The van der Waals surface area contributed by atoms with E-state index in [0.29, 0.717) is 12.5 Å². The van der Waals surface area contributed by atoms with Gasteiger partial charge in [0.15, 0.2) is 0 Å². The molecule has 0 aliphatic carbocycles. The van der Waals surface area contributed by atoms with Gasteiger partial charge < -0.3 is 14.0 Å². The predicted octanol–water partition coefficient (Wildman–Crippen LogP) is 5.00. The fourth-order valence-electron chi connectivity index (χ4n) is 3.26. The molecule has 0 saturated carbocycles. The zero-order valence-electron chi connectivity index (χ0n) is 17.6. The van der Waals surface area contributed by atoms with Gasteiger partial charge in [0.1, 0.15) is 12.4 Å². The minimum absolute atomic E-state index is 0.354. The number of hydrogen-bond donors (Lipinski definition) is 0. The maximum atomic E-state index is 6.26. The van der Waals surface area contributed by atoms with E-state index in [-0.39, 0.29) is 18.3 Å². The van der Waals surface area contributed by atoms with E-state index in [4.69, 9.17) is 14.0 Å². The molecule has 3 nitrogen and oxygen atoms in total. The normalized spacial score (nSPS) is 18.1. The number of rotatable bonds is 5. The standard InChI is InChI=1S/C23H31BO3/c1-16(2)19-13-12-17(3)14-21(19)25-15-18-10-8-9-11-20(18)24-26-22(4,5)23(6,7)27-24/h8-14,16H,15H2,1-7H3. The lowest BCUT2D eigenvalue weighted by atomic mass is 9.76. The summed E-state index contributed by atoms with van der Waals surface area (Å²) < 4.78 is 18.8. The van der Waals surface area contributed by atoms with Gasteiger partial charge >= 0.3 is 7.12 Å². The van der Waals surface area contributed by atoms with Crippen LogP contribution in [0.1, 0.15) is 64.2 Å². The highest BCUT2D eigenvalue weighted by Gasteiger charge is 2.52. The molecule has 1 aliphatic rings. The fourth-order valence-corrected chi connectivity index (χ4v) is 3.26. The van der Waals surface area contributed by atoms with Gasteiger partial charge in [-0.25, -0.2) is 0 Å². The number of benzene rings is 2. The first-order valence-electron chi connectivity index (χ1n) is 9.77. The van der Waals surface area contributed by atoms with Gasteiger partial charge in [0.25, 0.3) is 0 Å². The number of aryl methyl sites for hydroxylation is 1. The largest absolute Gasteiger partial charge is 0.495 e. The molecule has 0 bridgehead atoms. The summed E-state index contributed by atoms with van der Waals surface area (Å²) in [6, 6.07) is 14.6. The maximum absolute atomic E-state index is 6.26. The van der Waals surface area contributed by atoms with Crippen molar-refractivity contribution < 1.29 is 14.0 Å². The van der Waals surface area contributed by atoms with Crippen molar-refractivity contribution in [3.8, 4) is 5.75 Å². The van der Waals surface area contributed by atoms with Crippen molar-refractivity contribution in [2.45, 2.75) is 72.2 Å². The van der Waals surface area contributed by atoms with E-state index >= 15 is 0 Å². The molecule has 1 heterocycles. The SMILES string of the molecule is Cc1ccc(C(C)C)c(OCc2ccccc2B2OC(C)(C)C(C)(C)O2)c1. The smallest absolute Gasteiger partial charge is 0.489 e. The second-order valence-electron chi connectivity index (χ2n) is 8.77. The van der Waals surface area contributed by atoms with Crippen molar-refractivity contribution in [1.82, 2.24) is 0 Å². The van der Waals surface area contributed by atoms with Gasteiger partial charge in [0.05, 0.1) is 11.2 Å². The third kappa shape index (κ3) is 4.07. The molecule has 4 heteroatoms. The molecule has 0 unspecified atom stereocenters. The summed E-state index contributed by atoms with van der Waals surface area (Å²) in [5, 5.41) is 0. The third-order valence-corrected chi connectivity index (χ3v) is 5.74. The van der Waals surface area contributed by atoms with Crippen molar-refractivity contribution in [3.63, 3.8) is 0 Å². The molecule has 2 aromatic rings. The minimum Gasteiger partial charge on any atom is -0.489 e. The average molecular weight is 366 g/mol. The Kier molecular flexibility index (Phi) is 5.42. The highest BCUT2D eigenvalue weighted by molar-refractivity contribution is 6.62. The minimum atomic E-state index is -0.378. The predicted molar refractivity (Wildman–Crippen MR) is 112 cm³/mol. The molecule has 0 atom stereocenters. The molecule has 0 amide bonds. The Balaban J connectivity index is 1.84. The molecule has 1 fully saturated rings. The van der Waals surface area contributed by atoms with Crippen LogP contribution in [-0.4, -0.2) is 18.3 Å². The molecule has 1 aliphatic heterocycles. The Bertz CT molecular complexity index is 795. The summed E-state index contributed by atoms with van der Waals surface area (Å²) in [5.74, 6) is 1.37. The van der Waals surface area contributed by atoms with Crippen molar-refractivity contribution in [1.29, 1.82) is 0 Å². The molecule has 0 aromatic heterocycles. The van der Waals surface area contributed by atoms with E-state index in [1.165, 1.54) is 11.1 Å². The monoisotopic (exact) mass is 366 g/mol. The number of ether oxygens (including phenoxy) is 1. The van der Waals surface area contributed by atoms with Crippen LogP contribution in [-0.2, 0) is 15.9 Å². The maximum Gasteiger partial charge on any atom is 0.495 e. The Labute approximate surface area is 164 Å². The second-order valence-corrected chi connectivity index (χ2v) is 8.77. The lowest BCUT2D eigenvalue weighted by Crippen LogP contribution is -2.41. The van der Waals surface area contributed by atoms with Gasteiger partial charge in [-0.15, -0.1) is 0 Å². The second kappa shape index (κ2) is 7.33. The van der Waals surface area contributed by atoms with E-state index in [0.717, 1.165) is 16.8 Å². The van der Waals surface area contributed by atoms with Gasteiger partial charge in [-0.1, -0.05) is 50.2 Å². The summed E-state index contributed by atoms with van der Waals surface area (Å²) >= 11 is 0. The topological polar surface area (TPSA) is 27.7 Å². The lowest BCUT2D eigenvalue weighted by Gasteiger charge is -2.32. The number of hydrogen-bond acceptors (Lipinski definition) is 3. The van der Waals surface area contributed by atoms with Gasteiger partial charge in [0, 0.05) is 0 Å². The van der Waals surface area contributed by atoms with E-state index in [9.17, 15) is 0 Å². The van der Waals surface area contributed by atoms with Crippen LogP contribution in [0.25, 0.3) is 0 Å². The Morgan fingerprint density at radius 3 is 2.22 bits per heavy atom. The molecule has 1 saturated heterocycles. The van der Waals surface area contributed by atoms with Crippen LogP contribution in [0.2, 0.25) is 0 Å². The van der Waals surface area contributed by atoms with Crippen molar-refractivity contribution in [3.05, 3.63) is 59.2 Å². The summed E-state index contributed by atoms with van der Waals surface area (Å²) in [4.78, 5) is 0. The zero-order valence-corrected chi connectivity index (χ0v) is 17.6. The van der Waals surface area contributed by atoms with Crippen LogP contribution in [0.5, 0.6) is 5.75 Å². The Hall–Kier alpha value is -1.78. The van der Waals surface area contributed by atoms with Crippen LogP contribution in [0.15, 0.2) is 42.5 Å². The van der Waals surface area contributed by atoms with Gasteiger partial charge in [-0.2, -0.15) is 0 Å². The highest BCUT2D eigenvalue weighted by Crippen LogP contribution is 2.36. The molecule has 2 aromatic carbocycles. The first-order chi connectivity index (χ1) is 12.6. The first-order valence-corrected chi connectivity index (χ1v) is 9.77. The fraction of sp³-hybridized carbons (Fsp3) is 0.478. The average Bonchev–Trinajstić information content (AvgIpc) is 2.80. The van der Waals surface area contributed by atoms with Crippen LogP contribution in [0.3, 0.4) is 0 Å². The molecule has 0 spiro atoms. The van der Waals surface area contributed by atoms with E-state index in [1.807, 2.05) is 12.1 Å². The van der Waals surface area contributed by atoms with Crippen molar-refractivity contribution in [2.75, 3.05) is 0 Å². The van der Waals surface area contributed by atoms with E-state index in [2.05, 4.69) is 78.8 Å². The first kappa shape index (κ1) is 20.0. The summed E-state index contributed by atoms with van der Waals surface area (Å²) in [6.07, 6.45) is 0. The van der Waals surface area contributed by atoms with Gasteiger partial charge in [-0.3, -0.25) is 0 Å². The summed E-state index contributed by atoms with van der Waals surface area (Å²) in [6.45, 7) is 15.3. The zero-order chi connectivity index (χ0) is 19.8. The quantitative estimate of drug-likeness (QED) is 0.698. The van der Waals surface area contributed by atoms with E-state index < -0.39 is 0 Å². The van der Waals surface area contributed by atoms with Gasteiger partial charge in [-0.05, 0) is 68.8 Å². The summed E-state index contributed by atoms with van der Waals surface area (Å²) in [7, 11) is -0.378. The molecule has 144 valence electrons. The Morgan fingerprint density at radius 2 is 1.59 bits per heavy atom. The molecular formula is C23H31BO3. The van der Waals surface area contributed by atoms with Gasteiger partial charge in [0.2, 0.25) is 0 Å². The van der Waals surface area contributed by atoms with Crippen LogP contribution in [0.4, 0.5) is 0 Å². The highest BCUT2D eigenvalue weighted by atomic mass is 16.7. The molecule has 27 heavy (non-hydrogen) atoms. The molecule has 0 radical (unpaired) electrons. The summed E-state index contributed by atoms with van der Waals surface area (Å²) in [5.41, 5.74) is 3.85. The third-order valence-electron chi connectivity index (χ3n) is 5.74. The molecule has 0 N–H and O–H groups in total. The van der Waals surface area contributed by atoms with Crippen molar-refractivity contribution in [2.24, 2.45) is 0 Å². The Morgan fingerprint density at radius 1 is 0.963 bits per heavy atom. The lowest BCUT2D eigenvalue weighted by molar-refractivity contribution is 0.00578. The van der Waals surface area contributed by atoms with Crippen LogP contribution in [0, 0.1) is 6.92 Å². The molecule has 3 rings (SSSR count). The van der Waals surface area contributed by atoms with Crippen LogP contribution >= 0.6 is 0 Å². The molecular weight excluding hydrogens is 335 g/mol. The van der Waals surface area contributed by atoms with Crippen molar-refractivity contribution >= 4 is 12.6 Å². The van der Waals surface area contributed by atoms with Crippen LogP contribution < -0.4 is 10.2 Å². The van der Waals surface area contributed by atoms with E-state index in [1.54, 1.807) is 0 Å².